The molecule has 204 valence electrons. The molecule has 0 amide bonds. The Morgan fingerprint density at radius 3 is 2.08 bits per heavy atom. The third-order valence-electron chi connectivity index (χ3n) is 4.13. The molecular weight excluding hydrogens is 492 g/mol. The van der Waals surface area contributed by atoms with Gasteiger partial charge in [-0.2, -0.15) is 0 Å². The minimum Gasteiger partial charge on any atom is -0.505 e. The molecule has 0 aliphatic carbocycles. The lowest BCUT2D eigenvalue weighted by Crippen LogP contribution is -2.31. The molecule has 5 atom stereocenters. The Labute approximate surface area is 204 Å². The Kier molecular flexibility index (Phi) is 15.5. The number of aromatic carboxylic acids is 1. The molecular formula is C20H30N2O14. The van der Waals surface area contributed by atoms with Gasteiger partial charge in [-0.25, -0.2) is 9.59 Å². The Bertz CT molecular complexity index is 850. The van der Waals surface area contributed by atoms with Crippen LogP contribution in [0.1, 0.15) is 23.2 Å². The molecule has 0 radical (unpaired) electrons. The van der Waals surface area contributed by atoms with E-state index < -0.39 is 66.7 Å². The molecule has 11 N–H and O–H groups in total. The van der Waals surface area contributed by atoms with E-state index in [-0.39, 0.29) is 31.6 Å². The summed E-state index contributed by atoms with van der Waals surface area (Å²) in [4.78, 5) is 33.8. The van der Waals surface area contributed by atoms with E-state index in [4.69, 9.17) is 51.7 Å². The molecule has 16 nitrogen and oxygen atoms in total. The standard InChI is InChI=1S/C6H5NO2.C6H8O6.C5H10O4.C3H7NO2/c8-6(9)5-2-1-3-7-4-5;7-1-2(8)5-3(9)4(10)6(11)12-5;6-2-4-3(7)1-5(8)9-4;4-2-1-3(5)6/h1-4H,(H,8,9);2,5,7-10H,1H2;3-8H,1-2H2;1-2,4H2,(H,5,6)/t;2-,5+;3-,4+,5?;/m.00./s1. The van der Waals surface area contributed by atoms with Crippen LogP contribution in [0.2, 0.25) is 0 Å². The SMILES string of the molecule is NCCC(=O)O.O=C(O)c1cccnc1.O=C1O[C@H]([C@@H](O)CO)C(O)=C1O.OC[C@H]1OC(O)C[C@@H]1O. The summed E-state index contributed by atoms with van der Waals surface area (Å²) in [6.45, 7) is -0.678. The van der Waals surface area contributed by atoms with Gasteiger partial charge in [0.25, 0.3) is 0 Å². The molecule has 1 unspecified atom stereocenters. The number of cyclic esters (lactones) is 1. The number of aliphatic hydroxyl groups is 7. The van der Waals surface area contributed by atoms with Gasteiger partial charge in [0.05, 0.1) is 31.3 Å². The first-order valence-corrected chi connectivity index (χ1v) is 10.2. The highest BCUT2D eigenvalue weighted by atomic mass is 16.6. The number of aliphatic hydroxyl groups excluding tert-OH is 7. The zero-order valence-electron chi connectivity index (χ0n) is 18.8. The highest BCUT2D eigenvalue weighted by molar-refractivity contribution is 5.89. The van der Waals surface area contributed by atoms with Crippen LogP contribution in [-0.2, 0) is 19.1 Å². The van der Waals surface area contributed by atoms with Crippen LogP contribution in [0.25, 0.3) is 0 Å². The molecule has 16 heteroatoms. The maximum absolute atomic E-state index is 10.5. The summed E-state index contributed by atoms with van der Waals surface area (Å²) < 4.78 is 8.99. The number of aromatic nitrogens is 1. The molecule has 36 heavy (non-hydrogen) atoms. The molecule has 0 spiro atoms. The zero-order chi connectivity index (χ0) is 27.8. The number of ether oxygens (including phenoxy) is 2. The lowest BCUT2D eigenvalue weighted by Gasteiger charge is -2.13. The fourth-order valence-electron chi connectivity index (χ4n) is 2.31. The summed E-state index contributed by atoms with van der Waals surface area (Å²) in [5.74, 6) is -4.56. The van der Waals surface area contributed by atoms with Crippen LogP contribution < -0.4 is 5.73 Å². The monoisotopic (exact) mass is 522 g/mol. The molecule has 2 aliphatic rings. The summed E-state index contributed by atoms with van der Waals surface area (Å²) in [7, 11) is 0. The quantitative estimate of drug-likeness (QED) is 0.169. The van der Waals surface area contributed by atoms with E-state index in [1.807, 2.05) is 0 Å². The summed E-state index contributed by atoms with van der Waals surface area (Å²) in [6.07, 6.45) is -1.89. The average Bonchev–Trinajstić information content (AvgIpc) is 3.31. The van der Waals surface area contributed by atoms with Crippen molar-refractivity contribution in [2.75, 3.05) is 19.8 Å². The van der Waals surface area contributed by atoms with Crippen LogP contribution in [0.3, 0.4) is 0 Å². The number of rotatable bonds is 6. The predicted octanol–water partition coefficient (Wildman–Crippen LogP) is -2.76. The van der Waals surface area contributed by atoms with E-state index in [9.17, 15) is 14.4 Å². The van der Waals surface area contributed by atoms with Crippen molar-refractivity contribution in [2.45, 2.75) is 43.5 Å². The molecule has 0 saturated carbocycles. The average molecular weight is 522 g/mol. The number of carbonyl (C=O) groups excluding carboxylic acids is 1. The number of esters is 1. The van der Waals surface area contributed by atoms with Crippen molar-refractivity contribution in [3.05, 3.63) is 41.6 Å². The number of nitrogens with zero attached hydrogens (tertiary/aromatic N) is 1. The maximum Gasteiger partial charge on any atom is 0.377 e. The zero-order valence-corrected chi connectivity index (χ0v) is 18.8. The van der Waals surface area contributed by atoms with Crippen molar-refractivity contribution < 1.29 is 69.8 Å². The topological polar surface area (TPSA) is 291 Å². The van der Waals surface area contributed by atoms with Gasteiger partial charge in [0.2, 0.25) is 5.76 Å². The highest BCUT2D eigenvalue weighted by Crippen LogP contribution is 2.21. The third kappa shape index (κ3) is 11.8. The third-order valence-corrected chi connectivity index (χ3v) is 4.13. The molecule has 1 saturated heterocycles. The van der Waals surface area contributed by atoms with Crippen molar-refractivity contribution in [1.29, 1.82) is 0 Å². The van der Waals surface area contributed by atoms with E-state index >= 15 is 0 Å². The lowest BCUT2D eigenvalue weighted by atomic mass is 10.2. The first kappa shape index (κ1) is 32.6. The number of carbonyl (C=O) groups is 3. The molecule has 1 aromatic rings. The van der Waals surface area contributed by atoms with Gasteiger partial charge in [0, 0.05) is 25.4 Å². The molecule has 3 rings (SSSR count). The minimum atomic E-state index is -1.42. The van der Waals surface area contributed by atoms with Crippen molar-refractivity contribution in [3.8, 4) is 0 Å². The first-order chi connectivity index (χ1) is 16.9. The molecule has 2 aliphatic heterocycles. The van der Waals surface area contributed by atoms with Gasteiger partial charge in [0.15, 0.2) is 18.2 Å². The largest absolute Gasteiger partial charge is 0.505 e. The van der Waals surface area contributed by atoms with Crippen molar-refractivity contribution in [1.82, 2.24) is 4.98 Å². The van der Waals surface area contributed by atoms with Crippen molar-refractivity contribution in [3.63, 3.8) is 0 Å². The smallest absolute Gasteiger partial charge is 0.377 e. The van der Waals surface area contributed by atoms with Gasteiger partial charge in [-0.3, -0.25) is 9.78 Å². The van der Waals surface area contributed by atoms with Crippen LogP contribution in [0, 0.1) is 0 Å². The van der Waals surface area contributed by atoms with E-state index in [1.54, 1.807) is 6.07 Å². The Balaban J connectivity index is 0.000000467. The van der Waals surface area contributed by atoms with Crippen LogP contribution in [-0.4, -0.2) is 119 Å². The van der Waals surface area contributed by atoms with Crippen LogP contribution in [0.5, 0.6) is 0 Å². The number of hydrogen-bond acceptors (Lipinski definition) is 14. The van der Waals surface area contributed by atoms with E-state index in [0.717, 1.165) is 0 Å². The Morgan fingerprint density at radius 2 is 1.83 bits per heavy atom. The van der Waals surface area contributed by atoms with E-state index in [2.05, 4.69) is 14.5 Å². The lowest BCUT2D eigenvalue weighted by molar-refractivity contribution is -0.147. The fourth-order valence-corrected chi connectivity index (χ4v) is 2.31. The van der Waals surface area contributed by atoms with Crippen LogP contribution in [0.15, 0.2) is 36.0 Å². The van der Waals surface area contributed by atoms with Gasteiger partial charge < -0.3 is 61.2 Å². The molecule has 3 heterocycles. The number of carboxylic acid groups (broad SMARTS) is 2. The van der Waals surface area contributed by atoms with Crippen LogP contribution >= 0.6 is 0 Å². The van der Waals surface area contributed by atoms with Gasteiger partial charge in [-0.1, -0.05) is 0 Å². The molecule has 1 fully saturated rings. The normalized spacial score (nSPS) is 23.1. The van der Waals surface area contributed by atoms with E-state index in [0.29, 0.717) is 0 Å². The second kappa shape index (κ2) is 17.1. The van der Waals surface area contributed by atoms with Gasteiger partial charge in [0.1, 0.15) is 12.2 Å². The van der Waals surface area contributed by atoms with E-state index in [1.165, 1.54) is 18.5 Å². The number of nitrogens with two attached hydrogens (primary N) is 1. The highest BCUT2D eigenvalue weighted by Gasteiger charge is 2.38. The summed E-state index contributed by atoms with van der Waals surface area (Å²) in [5.41, 5.74) is 5.07. The van der Waals surface area contributed by atoms with Gasteiger partial charge >= 0.3 is 17.9 Å². The fraction of sp³-hybridized carbons (Fsp3) is 0.500. The first-order valence-electron chi connectivity index (χ1n) is 10.2. The molecule has 1 aromatic heterocycles. The van der Waals surface area contributed by atoms with Crippen molar-refractivity contribution >= 4 is 17.9 Å². The van der Waals surface area contributed by atoms with Gasteiger partial charge in [-0.15, -0.1) is 0 Å². The summed E-state index contributed by atoms with van der Waals surface area (Å²) in [5, 5.41) is 77.3. The predicted molar refractivity (Wildman–Crippen MR) is 116 cm³/mol. The second-order valence-corrected chi connectivity index (χ2v) is 6.90. The summed E-state index contributed by atoms with van der Waals surface area (Å²) >= 11 is 0. The second-order valence-electron chi connectivity index (χ2n) is 6.90. The number of carboxylic acids is 2. The van der Waals surface area contributed by atoms with Gasteiger partial charge in [-0.05, 0) is 12.1 Å². The summed E-state index contributed by atoms with van der Waals surface area (Å²) in [6, 6.07) is 3.08. The molecule has 0 aromatic carbocycles. The Morgan fingerprint density at radius 1 is 1.19 bits per heavy atom. The molecule has 0 bridgehead atoms. The number of aliphatic carboxylic acids is 1. The maximum atomic E-state index is 10.5. The number of hydrogen-bond donors (Lipinski definition) is 10. The van der Waals surface area contributed by atoms with Crippen LogP contribution in [0.4, 0.5) is 0 Å². The number of pyridine rings is 1. The van der Waals surface area contributed by atoms with Crippen molar-refractivity contribution in [2.24, 2.45) is 5.73 Å². The minimum absolute atomic E-state index is 0.0694. The Hall–Kier alpha value is -3.38.